The molecule has 8 heavy (non-hydrogen) atoms. The van der Waals surface area contributed by atoms with Crippen molar-refractivity contribution < 1.29 is 0 Å². The molecule has 0 radical (unpaired) electrons. The van der Waals surface area contributed by atoms with Crippen LogP contribution in [0.5, 0.6) is 0 Å². The monoisotopic (exact) mass is 116 g/mol. The minimum Gasteiger partial charge on any atom is -0.316 e. The maximum Gasteiger partial charge on any atom is 0.133 e. The van der Waals surface area contributed by atoms with E-state index in [1.165, 1.54) is 0 Å². The highest BCUT2D eigenvalue weighted by atomic mass is 15.2. The molecule has 0 fully saturated rings. The number of rotatable bonds is 4. The van der Waals surface area contributed by atoms with Crippen molar-refractivity contribution in [3.63, 3.8) is 0 Å². The van der Waals surface area contributed by atoms with E-state index in [2.05, 4.69) is 15.7 Å². The van der Waals surface area contributed by atoms with Gasteiger partial charge in [-0.05, 0) is 14.1 Å². The number of nitrogens with one attached hydrogen (secondary N) is 3. The highest BCUT2D eigenvalue weighted by Crippen LogP contribution is 1.77. The van der Waals surface area contributed by atoms with Gasteiger partial charge in [-0.2, -0.15) is 5.11 Å². The Labute approximate surface area is 49.2 Å². The molecule has 0 amide bonds. The zero-order valence-electron chi connectivity index (χ0n) is 5.23. The molecule has 0 spiro atoms. The molecule has 0 aromatic rings. The Morgan fingerprint density at radius 3 is 2.38 bits per heavy atom. The largest absolute Gasteiger partial charge is 0.316 e. The maximum absolute atomic E-state index is 6.59. The lowest BCUT2D eigenvalue weighted by atomic mass is 10.5. The van der Waals surface area contributed by atoms with Gasteiger partial charge in [-0.1, -0.05) is 0 Å². The van der Waals surface area contributed by atoms with Crippen LogP contribution < -0.4 is 10.6 Å². The average molecular weight is 116 g/mol. The third-order valence-corrected chi connectivity index (χ3v) is 0.887. The van der Waals surface area contributed by atoms with E-state index in [9.17, 15) is 0 Å². The Bertz CT molecular complexity index is 63.1. The van der Waals surface area contributed by atoms with Gasteiger partial charge in [0.2, 0.25) is 0 Å². The molecular formula is C4H12N4. The van der Waals surface area contributed by atoms with E-state index in [1.54, 1.807) is 7.05 Å². The van der Waals surface area contributed by atoms with Crippen molar-refractivity contribution in [3.8, 4) is 0 Å². The first-order valence-electron chi connectivity index (χ1n) is 2.53. The van der Waals surface area contributed by atoms with Gasteiger partial charge >= 0.3 is 0 Å². The van der Waals surface area contributed by atoms with E-state index in [4.69, 9.17) is 5.53 Å². The van der Waals surface area contributed by atoms with Gasteiger partial charge in [0.1, 0.15) is 6.17 Å². The molecule has 0 heterocycles. The summed E-state index contributed by atoms with van der Waals surface area (Å²) in [6.45, 7) is 0.708. The summed E-state index contributed by atoms with van der Waals surface area (Å²) in [4.78, 5) is 0. The first-order chi connectivity index (χ1) is 3.85. The molecule has 0 aliphatic rings. The Hall–Kier alpha value is -0.480. The van der Waals surface area contributed by atoms with Crippen LogP contribution in [0.15, 0.2) is 5.11 Å². The predicted octanol–water partition coefficient (Wildman–Crippen LogP) is -0.218. The summed E-state index contributed by atoms with van der Waals surface area (Å²) >= 11 is 0. The van der Waals surface area contributed by atoms with Crippen LogP contribution in [-0.4, -0.2) is 26.8 Å². The number of hydrogen-bond acceptors (Lipinski definition) is 4. The van der Waals surface area contributed by atoms with Crippen LogP contribution in [0.25, 0.3) is 0 Å². The van der Waals surface area contributed by atoms with Gasteiger partial charge in [0.15, 0.2) is 0 Å². The molecule has 48 valence electrons. The molecule has 0 saturated heterocycles. The molecule has 1 atom stereocenters. The molecule has 1 unspecified atom stereocenters. The second kappa shape index (κ2) is 4.67. The van der Waals surface area contributed by atoms with Crippen LogP contribution in [0.4, 0.5) is 0 Å². The van der Waals surface area contributed by atoms with Gasteiger partial charge in [0.05, 0.1) is 0 Å². The van der Waals surface area contributed by atoms with Crippen molar-refractivity contribution >= 4 is 0 Å². The quantitative estimate of drug-likeness (QED) is 0.445. The Kier molecular flexibility index (Phi) is 4.39. The highest BCUT2D eigenvalue weighted by Gasteiger charge is 1.96. The van der Waals surface area contributed by atoms with Crippen LogP contribution >= 0.6 is 0 Å². The zero-order valence-corrected chi connectivity index (χ0v) is 5.23. The molecule has 0 aliphatic carbocycles. The first-order valence-corrected chi connectivity index (χ1v) is 2.53. The zero-order chi connectivity index (χ0) is 6.41. The highest BCUT2D eigenvalue weighted by molar-refractivity contribution is 4.57. The van der Waals surface area contributed by atoms with Gasteiger partial charge < -0.3 is 5.32 Å². The fraction of sp³-hybridized carbons (Fsp3) is 1.00. The second-order valence-electron chi connectivity index (χ2n) is 1.49. The molecule has 0 rings (SSSR count). The normalized spacial score (nSPS) is 13.2. The fourth-order valence-corrected chi connectivity index (χ4v) is 0.406. The lowest BCUT2D eigenvalue weighted by Crippen LogP contribution is -2.32. The van der Waals surface area contributed by atoms with Gasteiger partial charge in [0, 0.05) is 6.54 Å². The van der Waals surface area contributed by atoms with Gasteiger partial charge in [-0.3, -0.25) is 5.32 Å². The molecule has 3 N–H and O–H groups in total. The lowest BCUT2D eigenvalue weighted by Gasteiger charge is -2.05. The summed E-state index contributed by atoms with van der Waals surface area (Å²) < 4.78 is 0. The second-order valence-corrected chi connectivity index (χ2v) is 1.49. The van der Waals surface area contributed by atoms with Crippen molar-refractivity contribution in [1.82, 2.24) is 10.6 Å². The lowest BCUT2D eigenvalue weighted by molar-refractivity contribution is 0.522. The van der Waals surface area contributed by atoms with E-state index < -0.39 is 0 Å². The summed E-state index contributed by atoms with van der Waals surface area (Å²) in [5, 5.41) is 9.00. The van der Waals surface area contributed by atoms with Crippen molar-refractivity contribution in [2.24, 2.45) is 5.11 Å². The first kappa shape index (κ1) is 7.52. The SMILES string of the molecule is CNCC(N=N)NC. The van der Waals surface area contributed by atoms with Crippen molar-refractivity contribution in [3.05, 3.63) is 0 Å². The number of nitrogens with zero attached hydrogens (tertiary/aromatic N) is 1. The van der Waals surface area contributed by atoms with Crippen molar-refractivity contribution in [1.29, 1.82) is 5.53 Å². The molecule has 0 aromatic carbocycles. The Morgan fingerprint density at radius 1 is 1.62 bits per heavy atom. The van der Waals surface area contributed by atoms with Crippen LogP contribution in [-0.2, 0) is 0 Å². The van der Waals surface area contributed by atoms with Gasteiger partial charge in [-0.25, -0.2) is 5.53 Å². The minimum absolute atomic E-state index is 0.0694. The Balaban J connectivity index is 3.21. The van der Waals surface area contributed by atoms with Gasteiger partial charge in [0.25, 0.3) is 0 Å². The summed E-state index contributed by atoms with van der Waals surface area (Å²) in [6.07, 6.45) is -0.0694. The average Bonchev–Trinajstić information content (AvgIpc) is 1.83. The van der Waals surface area contributed by atoms with E-state index in [1.807, 2.05) is 7.05 Å². The predicted molar refractivity (Wildman–Crippen MR) is 31.9 cm³/mol. The fourth-order valence-electron chi connectivity index (χ4n) is 0.406. The third kappa shape index (κ3) is 2.65. The van der Waals surface area contributed by atoms with Crippen molar-refractivity contribution in [2.45, 2.75) is 6.17 Å². The standard InChI is InChI=1S/C4H12N4/c1-6-3-4(7-2)8-5/h4-7H,3H2,1-2H3. The third-order valence-electron chi connectivity index (χ3n) is 0.887. The van der Waals surface area contributed by atoms with E-state index in [0.29, 0.717) is 6.54 Å². The van der Waals surface area contributed by atoms with Crippen LogP contribution in [0.3, 0.4) is 0 Å². The van der Waals surface area contributed by atoms with Crippen LogP contribution in [0.1, 0.15) is 0 Å². The van der Waals surface area contributed by atoms with Crippen molar-refractivity contribution in [2.75, 3.05) is 20.6 Å². The topological polar surface area (TPSA) is 60.3 Å². The molecule has 4 nitrogen and oxygen atoms in total. The maximum atomic E-state index is 6.59. The van der Waals surface area contributed by atoms with Crippen LogP contribution in [0.2, 0.25) is 0 Å². The number of likely N-dealkylation sites (N-methyl/N-ethyl adjacent to an activating group) is 2. The van der Waals surface area contributed by atoms with E-state index in [-0.39, 0.29) is 6.17 Å². The molecular weight excluding hydrogens is 104 g/mol. The smallest absolute Gasteiger partial charge is 0.133 e. The van der Waals surface area contributed by atoms with Crippen LogP contribution in [0, 0.1) is 5.53 Å². The summed E-state index contributed by atoms with van der Waals surface area (Å²) in [5.74, 6) is 0. The summed E-state index contributed by atoms with van der Waals surface area (Å²) in [5.41, 5.74) is 6.59. The summed E-state index contributed by atoms with van der Waals surface area (Å²) in [6, 6.07) is 0. The summed E-state index contributed by atoms with van der Waals surface area (Å²) in [7, 11) is 3.61. The molecule has 0 bridgehead atoms. The molecule has 4 heteroatoms. The number of hydrogen-bond donors (Lipinski definition) is 3. The molecule has 0 aromatic heterocycles. The minimum atomic E-state index is -0.0694. The Morgan fingerprint density at radius 2 is 2.25 bits per heavy atom. The molecule has 0 aliphatic heterocycles. The van der Waals surface area contributed by atoms with E-state index >= 15 is 0 Å². The molecule has 0 saturated carbocycles. The van der Waals surface area contributed by atoms with Gasteiger partial charge in [-0.15, -0.1) is 0 Å². The van der Waals surface area contributed by atoms with E-state index in [0.717, 1.165) is 0 Å².